The first-order chi connectivity index (χ1) is 15.5. The zero-order valence-electron chi connectivity index (χ0n) is 17.1. The van der Waals surface area contributed by atoms with Crippen LogP contribution in [0.3, 0.4) is 0 Å². The average molecular weight is 420 g/mol. The fourth-order valence-corrected chi connectivity index (χ4v) is 4.04. The van der Waals surface area contributed by atoms with Crippen LogP contribution in [0.25, 0.3) is 0 Å². The van der Waals surface area contributed by atoms with Crippen LogP contribution in [-0.2, 0) is 6.42 Å². The summed E-state index contributed by atoms with van der Waals surface area (Å²) in [6.07, 6.45) is 0.777. The van der Waals surface area contributed by atoms with Crippen molar-refractivity contribution in [2.45, 2.75) is 6.42 Å². The second-order valence-corrected chi connectivity index (χ2v) is 7.83. The minimum Gasteiger partial charge on any atom is -0.507 e. The molecule has 0 spiro atoms. The third-order valence-corrected chi connectivity index (χ3v) is 5.67. The third kappa shape index (κ3) is 3.40. The zero-order valence-corrected chi connectivity index (χ0v) is 17.1. The lowest BCUT2D eigenvalue weighted by Gasteiger charge is -2.21. The fraction of sp³-hybridized carbons (Fsp3) is 0.0370. The number of anilines is 3. The maximum atomic E-state index is 13.2. The molecule has 4 aromatic rings. The molecule has 5 nitrogen and oxygen atoms in total. The molecule has 0 unspecified atom stereocenters. The molecule has 0 bridgehead atoms. The van der Waals surface area contributed by atoms with Crippen LogP contribution in [0.2, 0.25) is 0 Å². The van der Waals surface area contributed by atoms with E-state index in [9.17, 15) is 14.7 Å². The Kier molecular flexibility index (Phi) is 4.71. The van der Waals surface area contributed by atoms with Crippen LogP contribution >= 0.6 is 0 Å². The van der Waals surface area contributed by atoms with Crippen molar-refractivity contribution < 1.29 is 14.7 Å². The lowest BCUT2D eigenvalue weighted by molar-refractivity contribution is 0.0977. The summed E-state index contributed by atoms with van der Waals surface area (Å²) in [5, 5.41) is 13.6. The lowest BCUT2D eigenvalue weighted by Crippen LogP contribution is -2.22. The molecule has 0 aliphatic heterocycles. The molecular formula is C27H20N2O3. The molecule has 0 radical (unpaired) electrons. The van der Waals surface area contributed by atoms with Crippen LogP contribution in [0.1, 0.15) is 43.0 Å². The number of nitrogen functional groups attached to an aromatic ring is 1. The van der Waals surface area contributed by atoms with Crippen LogP contribution in [0.15, 0.2) is 84.9 Å². The molecule has 0 saturated carbocycles. The van der Waals surface area contributed by atoms with Crippen LogP contribution in [0, 0.1) is 0 Å². The number of carbonyl (C=O) groups excluding carboxylic acids is 2. The zero-order chi connectivity index (χ0) is 22.2. The number of benzene rings is 4. The van der Waals surface area contributed by atoms with E-state index < -0.39 is 0 Å². The summed E-state index contributed by atoms with van der Waals surface area (Å²) in [7, 11) is 0. The molecule has 156 valence electrons. The van der Waals surface area contributed by atoms with E-state index in [2.05, 4.69) is 5.32 Å². The molecule has 1 aliphatic carbocycles. The van der Waals surface area contributed by atoms with Crippen molar-refractivity contribution in [1.82, 2.24) is 0 Å². The predicted octanol–water partition coefficient (Wildman–Crippen LogP) is 5.08. The van der Waals surface area contributed by atoms with Crippen LogP contribution < -0.4 is 11.1 Å². The number of carbonyl (C=O) groups is 2. The van der Waals surface area contributed by atoms with Crippen molar-refractivity contribution in [3.63, 3.8) is 0 Å². The summed E-state index contributed by atoms with van der Waals surface area (Å²) in [6.45, 7) is 0. The van der Waals surface area contributed by atoms with Gasteiger partial charge in [-0.3, -0.25) is 9.59 Å². The number of aromatic hydroxyl groups is 1. The van der Waals surface area contributed by atoms with Crippen molar-refractivity contribution in [1.29, 1.82) is 0 Å². The van der Waals surface area contributed by atoms with Crippen LogP contribution in [0.5, 0.6) is 5.75 Å². The number of phenols is 1. The molecule has 1 aliphatic rings. The minimum absolute atomic E-state index is 0.0404. The Morgan fingerprint density at radius 1 is 0.688 bits per heavy atom. The van der Waals surface area contributed by atoms with Gasteiger partial charge in [0.25, 0.3) is 0 Å². The summed E-state index contributed by atoms with van der Waals surface area (Å²) in [6, 6.07) is 25.4. The molecule has 32 heavy (non-hydrogen) atoms. The van der Waals surface area contributed by atoms with Gasteiger partial charge in [0.1, 0.15) is 5.75 Å². The van der Waals surface area contributed by atoms with E-state index in [1.165, 1.54) is 6.07 Å². The quantitative estimate of drug-likeness (QED) is 0.278. The van der Waals surface area contributed by atoms with Gasteiger partial charge in [-0.1, -0.05) is 48.5 Å². The van der Waals surface area contributed by atoms with Gasteiger partial charge >= 0.3 is 0 Å². The predicted molar refractivity (Wildman–Crippen MR) is 125 cm³/mol. The highest BCUT2D eigenvalue weighted by molar-refractivity contribution is 6.31. The highest BCUT2D eigenvalue weighted by Crippen LogP contribution is 2.38. The lowest BCUT2D eigenvalue weighted by atomic mass is 9.82. The molecule has 0 saturated heterocycles. The number of hydrogen-bond donors (Lipinski definition) is 3. The number of nitrogens with one attached hydrogen (secondary N) is 1. The molecule has 0 atom stereocenters. The fourth-order valence-electron chi connectivity index (χ4n) is 4.04. The molecule has 0 heterocycles. The van der Waals surface area contributed by atoms with Gasteiger partial charge in [0.15, 0.2) is 11.6 Å². The molecular weight excluding hydrogens is 400 g/mol. The standard InChI is InChI=1S/C27H20N2O3/c28-18-9-5-16(6-10-18)15-17-7-11-19(12-8-17)29-22-13-14-23(30)25-24(22)26(31)20-3-1-2-4-21(20)27(25)32/h1-14,29-30H,15,28H2. The summed E-state index contributed by atoms with van der Waals surface area (Å²) in [4.78, 5) is 26.2. The van der Waals surface area contributed by atoms with Gasteiger partial charge in [-0.2, -0.15) is 0 Å². The second kappa shape index (κ2) is 7.71. The summed E-state index contributed by atoms with van der Waals surface area (Å²) < 4.78 is 0. The molecule has 0 aromatic heterocycles. The Morgan fingerprint density at radius 3 is 1.88 bits per heavy atom. The summed E-state index contributed by atoms with van der Waals surface area (Å²) in [5.74, 6) is -0.832. The monoisotopic (exact) mass is 420 g/mol. The van der Waals surface area contributed by atoms with Crippen molar-refractivity contribution in [2.24, 2.45) is 0 Å². The summed E-state index contributed by atoms with van der Waals surface area (Å²) in [5.41, 5.74) is 10.9. The molecule has 4 aromatic carbocycles. The number of phenolic OH excluding ortho intramolecular Hbond substituents is 1. The Morgan fingerprint density at radius 2 is 1.25 bits per heavy atom. The molecule has 0 amide bonds. The number of hydrogen-bond acceptors (Lipinski definition) is 5. The maximum absolute atomic E-state index is 13.2. The Hall–Kier alpha value is -4.38. The van der Waals surface area contributed by atoms with Crippen molar-refractivity contribution in [3.8, 4) is 5.75 Å². The largest absolute Gasteiger partial charge is 0.507 e. The Labute approximate surface area is 185 Å². The number of ketones is 2. The smallest absolute Gasteiger partial charge is 0.198 e. The van der Waals surface area contributed by atoms with Crippen molar-refractivity contribution >= 4 is 28.6 Å². The Bertz CT molecular complexity index is 1360. The van der Waals surface area contributed by atoms with E-state index in [0.717, 1.165) is 28.9 Å². The number of fused-ring (bicyclic) bond motifs is 2. The second-order valence-electron chi connectivity index (χ2n) is 7.83. The average Bonchev–Trinajstić information content (AvgIpc) is 2.81. The van der Waals surface area contributed by atoms with Crippen LogP contribution in [0.4, 0.5) is 17.1 Å². The number of rotatable bonds is 4. The first-order valence-corrected chi connectivity index (χ1v) is 10.3. The van der Waals surface area contributed by atoms with Gasteiger partial charge in [0, 0.05) is 22.5 Å². The van der Waals surface area contributed by atoms with Gasteiger partial charge in [-0.25, -0.2) is 0 Å². The van der Waals surface area contributed by atoms with E-state index >= 15 is 0 Å². The summed E-state index contributed by atoms with van der Waals surface area (Å²) >= 11 is 0. The van der Waals surface area contributed by atoms with Gasteiger partial charge in [0.05, 0.1) is 16.8 Å². The van der Waals surface area contributed by atoms with Gasteiger partial charge in [0.2, 0.25) is 0 Å². The van der Waals surface area contributed by atoms with Gasteiger partial charge in [-0.15, -0.1) is 0 Å². The molecule has 5 rings (SSSR count). The van der Waals surface area contributed by atoms with E-state index in [-0.39, 0.29) is 28.4 Å². The van der Waals surface area contributed by atoms with Gasteiger partial charge < -0.3 is 16.2 Å². The number of nitrogens with two attached hydrogens (primary N) is 1. The molecule has 0 fully saturated rings. The topological polar surface area (TPSA) is 92.4 Å². The van der Waals surface area contributed by atoms with Gasteiger partial charge in [-0.05, 0) is 53.9 Å². The normalized spacial score (nSPS) is 12.2. The van der Waals surface area contributed by atoms with Crippen molar-refractivity contribution in [3.05, 3.63) is 118 Å². The third-order valence-electron chi connectivity index (χ3n) is 5.67. The first kappa shape index (κ1) is 19.6. The Balaban J connectivity index is 1.45. The van der Waals surface area contributed by atoms with E-state index in [0.29, 0.717) is 16.8 Å². The van der Waals surface area contributed by atoms with E-state index in [1.807, 2.05) is 48.5 Å². The molecule has 5 heteroatoms. The van der Waals surface area contributed by atoms with Crippen molar-refractivity contribution in [2.75, 3.05) is 11.1 Å². The maximum Gasteiger partial charge on any atom is 0.198 e. The van der Waals surface area contributed by atoms with E-state index in [1.54, 1.807) is 30.3 Å². The highest BCUT2D eigenvalue weighted by Gasteiger charge is 2.33. The minimum atomic E-state index is -0.352. The first-order valence-electron chi connectivity index (χ1n) is 10.3. The molecule has 4 N–H and O–H groups in total. The van der Waals surface area contributed by atoms with Crippen LogP contribution in [-0.4, -0.2) is 16.7 Å². The SMILES string of the molecule is Nc1ccc(Cc2ccc(Nc3ccc(O)c4c3C(=O)c3ccccc3C4=O)cc2)cc1. The highest BCUT2D eigenvalue weighted by atomic mass is 16.3. The van der Waals surface area contributed by atoms with E-state index in [4.69, 9.17) is 5.73 Å².